The highest BCUT2D eigenvalue weighted by molar-refractivity contribution is 5.94. The lowest BCUT2D eigenvalue weighted by Gasteiger charge is -2.18. The van der Waals surface area contributed by atoms with E-state index in [9.17, 15) is 4.79 Å². The van der Waals surface area contributed by atoms with Gasteiger partial charge >= 0.3 is 0 Å². The van der Waals surface area contributed by atoms with Crippen LogP contribution in [0.4, 0.5) is 0 Å². The molecular formula is C30H30N2O2. The minimum Gasteiger partial charge on any atom is -0.494 e. The molecule has 0 bridgehead atoms. The number of benzene rings is 3. The number of ether oxygens (including phenoxy) is 1. The highest BCUT2D eigenvalue weighted by Crippen LogP contribution is 2.33. The smallest absolute Gasteiger partial charge is 0.251 e. The number of aromatic nitrogens is 1. The Bertz CT molecular complexity index is 1260. The van der Waals surface area contributed by atoms with Crippen LogP contribution in [0, 0.1) is 0 Å². The van der Waals surface area contributed by atoms with Crippen molar-refractivity contribution in [1.82, 2.24) is 9.88 Å². The van der Waals surface area contributed by atoms with E-state index in [0.717, 1.165) is 29.8 Å². The summed E-state index contributed by atoms with van der Waals surface area (Å²) in [4.78, 5) is 12.8. The maximum atomic E-state index is 12.8. The molecule has 0 atom stereocenters. The highest BCUT2D eigenvalue weighted by atomic mass is 16.5. The van der Waals surface area contributed by atoms with Gasteiger partial charge in [-0.1, -0.05) is 42.5 Å². The van der Waals surface area contributed by atoms with Crippen molar-refractivity contribution in [3.05, 3.63) is 107 Å². The zero-order valence-corrected chi connectivity index (χ0v) is 19.6. The summed E-state index contributed by atoms with van der Waals surface area (Å²) in [5.41, 5.74) is 8.09. The van der Waals surface area contributed by atoms with Crippen LogP contribution >= 0.6 is 0 Å². The number of hydrogen-bond acceptors (Lipinski definition) is 2. The SMILES string of the molecule is CCOc1ccc(CNC(=O)c2ccc(-n3c(-c4ccccc4)cc4c3CCCC4)cc2)cc1. The maximum absolute atomic E-state index is 12.8. The third-order valence-electron chi connectivity index (χ3n) is 6.45. The van der Waals surface area contributed by atoms with Crippen LogP contribution in [-0.2, 0) is 19.4 Å². The molecule has 0 saturated heterocycles. The standard InChI is InChI=1S/C30H30N2O2/c1-2-34-27-18-12-22(13-19-27)21-31-30(33)24-14-16-26(17-15-24)32-28-11-7-6-10-25(28)20-29(32)23-8-4-3-5-9-23/h3-5,8-9,12-20H,2,6-7,10-11,21H2,1H3,(H,31,33). The van der Waals surface area contributed by atoms with Crippen LogP contribution < -0.4 is 10.1 Å². The van der Waals surface area contributed by atoms with Crippen molar-refractivity contribution in [3.8, 4) is 22.7 Å². The molecule has 4 nitrogen and oxygen atoms in total. The van der Waals surface area contributed by atoms with Gasteiger partial charge in [-0.3, -0.25) is 4.79 Å². The summed E-state index contributed by atoms with van der Waals surface area (Å²) in [7, 11) is 0. The van der Waals surface area contributed by atoms with Gasteiger partial charge in [0.2, 0.25) is 0 Å². The highest BCUT2D eigenvalue weighted by Gasteiger charge is 2.20. The summed E-state index contributed by atoms with van der Waals surface area (Å²) in [6, 6.07) is 28.7. The van der Waals surface area contributed by atoms with E-state index >= 15 is 0 Å². The number of aryl methyl sites for hydroxylation is 1. The molecule has 5 rings (SSSR count). The van der Waals surface area contributed by atoms with Crippen LogP contribution in [-0.4, -0.2) is 17.1 Å². The third-order valence-corrected chi connectivity index (χ3v) is 6.45. The van der Waals surface area contributed by atoms with E-state index in [1.807, 2.05) is 43.3 Å². The second-order valence-corrected chi connectivity index (χ2v) is 8.72. The molecule has 0 unspecified atom stereocenters. The largest absolute Gasteiger partial charge is 0.494 e. The Morgan fingerprint density at radius 1 is 0.912 bits per heavy atom. The van der Waals surface area contributed by atoms with Crippen molar-refractivity contribution in [2.75, 3.05) is 6.61 Å². The molecule has 172 valence electrons. The Kier molecular flexibility index (Phi) is 6.48. The monoisotopic (exact) mass is 450 g/mol. The van der Waals surface area contributed by atoms with E-state index < -0.39 is 0 Å². The molecule has 1 aliphatic rings. The van der Waals surface area contributed by atoms with E-state index in [-0.39, 0.29) is 5.91 Å². The molecule has 1 heterocycles. The molecule has 3 aromatic carbocycles. The first-order valence-electron chi connectivity index (χ1n) is 12.1. The molecule has 1 aliphatic carbocycles. The van der Waals surface area contributed by atoms with E-state index in [1.165, 1.54) is 35.4 Å². The van der Waals surface area contributed by atoms with Gasteiger partial charge in [0.05, 0.1) is 12.3 Å². The van der Waals surface area contributed by atoms with Crippen LogP contribution in [0.5, 0.6) is 5.75 Å². The summed E-state index contributed by atoms with van der Waals surface area (Å²) < 4.78 is 7.86. The lowest BCUT2D eigenvalue weighted by atomic mass is 9.98. The molecule has 0 radical (unpaired) electrons. The third kappa shape index (κ3) is 4.62. The predicted octanol–water partition coefficient (Wildman–Crippen LogP) is 6.35. The molecule has 1 aromatic heterocycles. The zero-order chi connectivity index (χ0) is 23.3. The first-order chi connectivity index (χ1) is 16.7. The van der Waals surface area contributed by atoms with Gasteiger partial charge < -0.3 is 14.6 Å². The quantitative estimate of drug-likeness (QED) is 0.356. The van der Waals surface area contributed by atoms with Crippen molar-refractivity contribution in [2.45, 2.75) is 39.2 Å². The molecule has 0 aliphatic heterocycles. The van der Waals surface area contributed by atoms with E-state index in [2.05, 4.69) is 58.4 Å². The van der Waals surface area contributed by atoms with Gasteiger partial charge in [-0.25, -0.2) is 0 Å². The Hall–Kier alpha value is -3.79. The fourth-order valence-electron chi connectivity index (χ4n) is 4.73. The average Bonchev–Trinajstić information content (AvgIpc) is 3.29. The lowest BCUT2D eigenvalue weighted by Crippen LogP contribution is -2.22. The number of nitrogens with one attached hydrogen (secondary N) is 1. The molecule has 34 heavy (non-hydrogen) atoms. The second-order valence-electron chi connectivity index (χ2n) is 8.72. The van der Waals surface area contributed by atoms with Gasteiger partial charge in [0.25, 0.3) is 5.91 Å². The Labute approximate surface area is 201 Å². The number of amides is 1. The van der Waals surface area contributed by atoms with Crippen molar-refractivity contribution >= 4 is 5.91 Å². The van der Waals surface area contributed by atoms with Crippen molar-refractivity contribution in [2.24, 2.45) is 0 Å². The number of fused-ring (bicyclic) bond motifs is 1. The number of rotatable bonds is 7. The van der Waals surface area contributed by atoms with Crippen LogP contribution in [0.3, 0.4) is 0 Å². The van der Waals surface area contributed by atoms with Crippen LogP contribution in [0.15, 0.2) is 84.9 Å². The predicted molar refractivity (Wildman–Crippen MR) is 137 cm³/mol. The van der Waals surface area contributed by atoms with E-state index in [0.29, 0.717) is 18.7 Å². The first kappa shape index (κ1) is 22.0. The molecule has 1 amide bonds. The number of hydrogen-bond donors (Lipinski definition) is 1. The molecule has 4 aromatic rings. The molecular weight excluding hydrogens is 420 g/mol. The van der Waals surface area contributed by atoms with Gasteiger partial charge in [0, 0.05) is 23.5 Å². The molecule has 0 fully saturated rings. The summed E-state index contributed by atoms with van der Waals surface area (Å²) in [6.45, 7) is 3.09. The molecule has 0 spiro atoms. The topological polar surface area (TPSA) is 43.3 Å². The maximum Gasteiger partial charge on any atom is 0.251 e. The van der Waals surface area contributed by atoms with E-state index in [1.54, 1.807) is 0 Å². The lowest BCUT2D eigenvalue weighted by molar-refractivity contribution is 0.0951. The summed E-state index contributed by atoms with van der Waals surface area (Å²) in [5, 5.41) is 3.02. The van der Waals surface area contributed by atoms with Crippen molar-refractivity contribution in [1.29, 1.82) is 0 Å². The Morgan fingerprint density at radius 3 is 2.38 bits per heavy atom. The van der Waals surface area contributed by atoms with E-state index in [4.69, 9.17) is 4.74 Å². The summed E-state index contributed by atoms with van der Waals surface area (Å²) >= 11 is 0. The van der Waals surface area contributed by atoms with Gasteiger partial charge in [-0.2, -0.15) is 0 Å². The average molecular weight is 451 g/mol. The fraction of sp³-hybridized carbons (Fsp3) is 0.233. The molecule has 4 heteroatoms. The van der Waals surface area contributed by atoms with Crippen LogP contribution in [0.1, 0.15) is 46.9 Å². The van der Waals surface area contributed by atoms with Crippen molar-refractivity contribution < 1.29 is 9.53 Å². The van der Waals surface area contributed by atoms with Crippen LogP contribution in [0.25, 0.3) is 16.9 Å². The first-order valence-corrected chi connectivity index (χ1v) is 12.1. The Balaban J connectivity index is 1.35. The van der Waals surface area contributed by atoms with Gasteiger partial charge in [0.15, 0.2) is 0 Å². The van der Waals surface area contributed by atoms with Crippen LogP contribution in [0.2, 0.25) is 0 Å². The fourth-order valence-corrected chi connectivity index (χ4v) is 4.73. The second kappa shape index (κ2) is 10.0. The zero-order valence-electron chi connectivity index (χ0n) is 19.6. The number of nitrogens with zero attached hydrogens (tertiary/aromatic N) is 1. The summed E-state index contributed by atoms with van der Waals surface area (Å²) in [6.07, 6.45) is 4.69. The minimum atomic E-state index is -0.0711. The number of carbonyl (C=O) groups excluding carboxylic acids is 1. The van der Waals surface area contributed by atoms with Gasteiger partial charge in [-0.05, 0) is 91.8 Å². The minimum absolute atomic E-state index is 0.0711. The Morgan fingerprint density at radius 2 is 1.65 bits per heavy atom. The van der Waals surface area contributed by atoms with Crippen molar-refractivity contribution in [3.63, 3.8) is 0 Å². The van der Waals surface area contributed by atoms with Gasteiger partial charge in [-0.15, -0.1) is 0 Å². The molecule has 0 saturated carbocycles. The molecule has 1 N–H and O–H groups in total. The normalized spacial score (nSPS) is 12.7. The van der Waals surface area contributed by atoms with Gasteiger partial charge in [0.1, 0.15) is 5.75 Å². The number of carbonyl (C=O) groups is 1. The summed E-state index contributed by atoms with van der Waals surface area (Å²) in [5.74, 6) is 0.772.